The van der Waals surface area contributed by atoms with E-state index >= 15 is 0 Å². The van der Waals surface area contributed by atoms with Crippen molar-refractivity contribution in [3.63, 3.8) is 0 Å². The van der Waals surface area contributed by atoms with Crippen LogP contribution < -0.4 is 0 Å². The maximum atomic E-state index is 11.9. The maximum Gasteiger partial charge on any atom is 0.303 e. The molecule has 0 radical (unpaired) electrons. The number of carbonyl (C=O) groups excluding carboxylic acids is 1. The molecule has 1 fully saturated rings. The summed E-state index contributed by atoms with van der Waals surface area (Å²) >= 11 is 0. The Morgan fingerprint density at radius 2 is 2.12 bits per heavy atom. The second-order valence-corrected chi connectivity index (χ2v) is 4.35. The zero-order chi connectivity index (χ0) is 12.3. The van der Waals surface area contributed by atoms with Gasteiger partial charge in [0.1, 0.15) is 6.26 Å². The third kappa shape index (κ3) is 2.87. The molecule has 5 nitrogen and oxygen atoms in total. The van der Waals surface area contributed by atoms with E-state index < -0.39 is 5.97 Å². The van der Waals surface area contributed by atoms with Crippen molar-refractivity contribution in [3.05, 3.63) is 24.2 Å². The lowest BCUT2D eigenvalue weighted by molar-refractivity contribution is -0.138. The molecule has 1 aromatic heterocycles. The molecule has 1 aliphatic rings. The van der Waals surface area contributed by atoms with Gasteiger partial charge in [0.25, 0.3) is 5.91 Å². The molecule has 0 saturated carbocycles. The van der Waals surface area contributed by atoms with Crippen LogP contribution in [0.15, 0.2) is 23.0 Å². The SMILES string of the molecule is O=C(O)CC1CCN(C(=O)c2ccoc2)CC1. The molecule has 2 heterocycles. The molecule has 1 aromatic rings. The maximum absolute atomic E-state index is 11.9. The number of likely N-dealkylation sites (tertiary alicyclic amines) is 1. The summed E-state index contributed by atoms with van der Waals surface area (Å²) in [4.78, 5) is 24.3. The first-order valence-corrected chi connectivity index (χ1v) is 5.70. The molecule has 17 heavy (non-hydrogen) atoms. The number of aliphatic carboxylic acids is 1. The summed E-state index contributed by atoms with van der Waals surface area (Å²) in [7, 11) is 0. The first-order chi connectivity index (χ1) is 8.16. The largest absolute Gasteiger partial charge is 0.481 e. The molecule has 0 atom stereocenters. The van der Waals surface area contributed by atoms with E-state index in [9.17, 15) is 9.59 Å². The Hall–Kier alpha value is -1.78. The molecule has 1 amide bonds. The van der Waals surface area contributed by atoms with Crippen LogP contribution in [0.2, 0.25) is 0 Å². The van der Waals surface area contributed by atoms with Crippen LogP contribution in [0.4, 0.5) is 0 Å². The number of hydrogen-bond donors (Lipinski definition) is 1. The molecule has 1 saturated heterocycles. The van der Waals surface area contributed by atoms with Crippen molar-refractivity contribution in [2.75, 3.05) is 13.1 Å². The van der Waals surface area contributed by atoms with Crippen LogP contribution in [0, 0.1) is 5.92 Å². The number of carbonyl (C=O) groups is 2. The van der Waals surface area contributed by atoms with E-state index in [0.717, 1.165) is 12.8 Å². The van der Waals surface area contributed by atoms with Gasteiger partial charge < -0.3 is 14.4 Å². The number of piperidine rings is 1. The van der Waals surface area contributed by atoms with Gasteiger partial charge in [-0.1, -0.05) is 0 Å². The third-order valence-corrected chi connectivity index (χ3v) is 3.13. The summed E-state index contributed by atoms with van der Waals surface area (Å²) in [5.74, 6) is -0.599. The highest BCUT2D eigenvalue weighted by atomic mass is 16.4. The van der Waals surface area contributed by atoms with Crippen LogP contribution in [0.3, 0.4) is 0 Å². The highest BCUT2D eigenvalue weighted by Crippen LogP contribution is 2.21. The summed E-state index contributed by atoms with van der Waals surface area (Å²) in [6, 6.07) is 1.64. The zero-order valence-electron chi connectivity index (χ0n) is 9.46. The van der Waals surface area contributed by atoms with E-state index in [1.54, 1.807) is 11.0 Å². The van der Waals surface area contributed by atoms with Crippen molar-refractivity contribution in [3.8, 4) is 0 Å². The van der Waals surface area contributed by atoms with Crippen LogP contribution >= 0.6 is 0 Å². The summed E-state index contributed by atoms with van der Waals surface area (Å²) in [6.45, 7) is 1.25. The molecule has 0 spiro atoms. The van der Waals surface area contributed by atoms with E-state index in [1.165, 1.54) is 12.5 Å². The third-order valence-electron chi connectivity index (χ3n) is 3.13. The van der Waals surface area contributed by atoms with Gasteiger partial charge in [-0.3, -0.25) is 9.59 Å². The lowest BCUT2D eigenvalue weighted by Crippen LogP contribution is -2.38. The Balaban J connectivity index is 1.87. The van der Waals surface area contributed by atoms with Gasteiger partial charge >= 0.3 is 5.97 Å². The van der Waals surface area contributed by atoms with Gasteiger partial charge in [0.2, 0.25) is 0 Å². The predicted octanol–water partition coefficient (Wildman–Crippen LogP) is 1.61. The Morgan fingerprint density at radius 3 is 2.65 bits per heavy atom. The van der Waals surface area contributed by atoms with Crippen molar-refractivity contribution >= 4 is 11.9 Å². The molecule has 0 aromatic carbocycles. The van der Waals surface area contributed by atoms with Crippen LogP contribution in [0.25, 0.3) is 0 Å². The van der Waals surface area contributed by atoms with Crippen LogP contribution in [0.1, 0.15) is 29.6 Å². The monoisotopic (exact) mass is 237 g/mol. The van der Waals surface area contributed by atoms with Crippen molar-refractivity contribution in [2.45, 2.75) is 19.3 Å². The minimum absolute atomic E-state index is 0.0347. The number of carboxylic acids is 1. The highest BCUT2D eigenvalue weighted by molar-refractivity contribution is 5.93. The van der Waals surface area contributed by atoms with E-state index in [4.69, 9.17) is 9.52 Å². The van der Waals surface area contributed by atoms with Gasteiger partial charge in [0.15, 0.2) is 0 Å². The molecular weight excluding hydrogens is 222 g/mol. The van der Waals surface area contributed by atoms with E-state index in [1.807, 2.05) is 0 Å². The highest BCUT2D eigenvalue weighted by Gasteiger charge is 2.25. The first kappa shape index (κ1) is 11.7. The molecule has 0 unspecified atom stereocenters. The Kier molecular flexibility index (Phi) is 3.46. The molecule has 0 bridgehead atoms. The van der Waals surface area contributed by atoms with Crippen LogP contribution in [-0.2, 0) is 4.79 Å². The smallest absolute Gasteiger partial charge is 0.303 e. The van der Waals surface area contributed by atoms with Gasteiger partial charge in [0, 0.05) is 19.5 Å². The molecular formula is C12H15NO4. The van der Waals surface area contributed by atoms with Crippen molar-refractivity contribution in [1.82, 2.24) is 4.90 Å². The quantitative estimate of drug-likeness (QED) is 0.866. The van der Waals surface area contributed by atoms with Gasteiger partial charge in [-0.25, -0.2) is 0 Å². The second kappa shape index (κ2) is 5.03. The molecule has 5 heteroatoms. The molecule has 92 valence electrons. The number of carboxylic acid groups (broad SMARTS) is 1. The van der Waals surface area contributed by atoms with Gasteiger partial charge in [-0.15, -0.1) is 0 Å². The predicted molar refractivity (Wildman–Crippen MR) is 59.6 cm³/mol. The average molecular weight is 237 g/mol. The average Bonchev–Trinajstić information content (AvgIpc) is 2.82. The van der Waals surface area contributed by atoms with Gasteiger partial charge in [-0.2, -0.15) is 0 Å². The minimum atomic E-state index is -0.760. The topological polar surface area (TPSA) is 70.8 Å². The van der Waals surface area contributed by atoms with Crippen molar-refractivity contribution in [2.24, 2.45) is 5.92 Å². The van der Waals surface area contributed by atoms with E-state index in [-0.39, 0.29) is 18.2 Å². The molecule has 1 N–H and O–H groups in total. The second-order valence-electron chi connectivity index (χ2n) is 4.35. The summed E-state index contributed by atoms with van der Waals surface area (Å²) in [5.41, 5.74) is 0.557. The Labute approximate surface area is 99.0 Å². The van der Waals surface area contributed by atoms with Gasteiger partial charge in [-0.05, 0) is 24.8 Å². The standard InChI is InChI=1S/C12H15NO4/c14-11(15)7-9-1-4-13(5-2-9)12(16)10-3-6-17-8-10/h3,6,8-9H,1-2,4-5,7H2,(H,14,15). The fraction of sp³-hybridized carbons (Fsp3) is 0.500. The number of hydrogen-bond acceptors (Lipinski definition) is 3. The number of amides is 1. The summed E-state index contributed by atoms with van der Waals surface area (Å²) in [6.07, 6.45) is 4.63. The molecule has 0 aliphatic carbocycles. The van der Waals surface area contributed by atoms with Crippen LogP contribution in [0.5, 0.6) is 0 Å². The fourth-order valence-electron chi connectivity index (χ4n) is 2.16. The summed E-state index contributed by atoms with van der Waals surface area (Å²) < 4.78 is 4.87. The van der Waals surface area contributed by atoms with Crippen LogP contribution in [-0.4, -0.2) is 35.0 Å². The normalized spacial score (nSPS) is 17.1. The Morgan fingerprint density at radius 1 is 1.41 bits per heavy atom. The number of furan rings is 1. The molecule has 2 rings (SSSR count). The summed E-state index contributed by atoms with van der Waals surface area (Å²) in [5, 5.41) is 8.70. The minimum Gasteiger partial charge on any atom is -0.481 e. The number of nitrogens with zero attached hydrogens (tertiary/aromatic N) is 1. The van der Waals surface area contributed by atoms with E-state index in [2.05, 4.69) is 0 Å². The zero-order valence-corrected chi connectivity index (χ0v) is 9.46. The number of rotatable bonds is 3. The van der Waals surface area contributed by atoms with Crippen molar-refractivity contribution < 1.29 is 19.1 Å². The van der Waals surface area contributed by atoms with Crippen molar-refractivity contribution in [1.29, 1.82) is 0 Å². The lowest BCUT2D eigenvalue weighted by Gasteiger charge is -2.31. The Bertz CT molecular complexity index is 391. The lowest BCUT2D eigenvalue weighted by atomic mass is 9.93. The van der Waals surface area contributed by atoms with E-state index in [0.29, 0.717) is 18.7 Å². The first-order valence-electron chi connectivity index (χ1n) is 5.70. The molecule has 1 aliphatic heterocycles. The van der Waals surface area contributed by atoms with Gasteiger partial charge in [0.05, 0.1) is 11.8 Å². The fourth-order valence-corrected chi connectivity index (χ4v) is 2.16.